The number of carbonyl (C=O) groups is 1. The molecule has 5 nitrogen and oxygen atoms in total. The molecule has 0 aliphatic rings. The summed E-state index contributed by atoms with van der Waals surface area (Å²) < 4.78 is 2.08. The van der Waals surface area contributed by atoms with Crippen molar-refractivity contribution < 1.29 is 9.90 Å². The Labute approximate surface area is 175 Å². The fourth-order valence-electron chi connectivity index (χ4n) is 3.37. The summed E-state index contributed by atoms with van der Waals surface area (Å²) >= 11 is 6.39. The highest BCUT2D eigenvalue weighted by Gasteiger charge is 2.20. The zero-order chi connectivity index (χ0) is 20.8. The normalized spacial score (nSPS) is 12.0. The number of hydrogen-bond donors (Lipinski definition) is 1. The molecule has 2 aromatic heterocycles. The summed E-state index contributed by atoms with van der Waals surface area (Å²) in [6.45, 7) is 4.50. The molecule has 0 bridgehead atoms. The first-order chi connectivity index (χ1) is 14.0. The molecular formula is C23H24ClN3O2. The van der Waals surface area contributed by atoms with E-state index in [4.69, 9.17) is 11.6 Å². The number of hydrogen-bond acceptors (Lipinski definition) is 3. The Morgan fingerprint density at radius 2 is 1.90 bits per heavy atom. The van der Waals surface area contributed by atoms with Crippen LogP contribution in [0.4, 0.5) is 0 Å². The van der Waals surface area contributed by atoms with Crippen molar-refractivity contribution >= 4 is 28.7 Å². The number of carboxylic acids is 1. The average Bonchev–Trinajstić information content (AvgIpc) is 3.11. The molecule has 0 aliphatic carbocycles. The number of aryl methyl sites for hydroxylation is 1. The van der Waals surface area contributed by atoms with E-state index in [-0.39, 0.29) is 5.57 Å². The molecule has 0 atom stereocenters. The molecule has 6 heteroatoms. The third kappa shape index (κ3) is 4.74. The zero-order valence-electron chi connectivity index (χ0n) is 16.6. The highest BCUT2D eigenvalue weighted by molar-refractivity contribution is 6.31. The van der Waals surface area contributed by atoms with Crippen LogP contribution in [0, 0.1) is 0 Å². The smallest absolute Gasteiger partial charge is 0.336 e. The van der Waals surface area contributed by atoms with Crippen molar-refractivity contribution in [3.63, 3.8) is 0 Å². The Kier molecular flexibility index (Phi) is 6.83. The quantitative estimate of drug-likeness (QED) is 0.510. The van der Waals surface area contributed by atoms with Crippen molar-refractivity contribution in [2.45, 2.75) is 39.7 Å². The van der Waals surface area contributed by atoms with Crippen molar-refractivity contribution in [2.75, 3.05) is 0 Å². The number of nitrogens with zero attached hydrogens (tertiary/aromatic N) is 3. The second-order valence-electron chi connectivity index (χ2n) is 6.88. The van der Waals surface area contributed by atoms with Crippen LogP contribution in [-0.2, 0) is 17.8 Å². The number of aliphatic carboxylic acids is 1. The number of unbranched alkanes of at least 4 members (excludes halogenated alkanes) is 1. The lowest BCUT2D eigenvalue weighted by atomic mass is 10.00. The standard InChI is InChI=1S/C23H24ClN3O2/c1-3-4-9-21-26-14-20(27(21)15-18-7-5-6-8-19(18)24)16(2)22(23(28)29)17-10-12-25-13-11-17/h5-8,10-14H,3-4,9,15H2,1-2H3,(H,28,29)/b22-16+. The van der Waals surface area contributed by atoms with E-state index >= 15 is 0 Å². The molecule has 150 valence electrons. The number of pyridine rings is 1. The summed E-state index contributed by atoms with van der Waals surface area (Å²) in [6, 6.07) is 11.1. The van der Waals surface area contributed by atoms with E-state index in [1.54, 1.807) is 30.7 Å². The van der Waals surface area contributed by atoms with E-state index in [0.717, 1.165) is 36.3 Å². The van der Waals surface area contributed by atoms with Crippen LogP contribution in [0.25, 0.3) is 11.1 Å². The van der Waals surface area contributed by atoms with Crippen LogP contribution in [0.3, 0.4) is 0 Å². The molecule has 0 fully saturated rings. The van der Waals surface area contributed by atoms with Crippen LogP contribution in [0.2, 0.25) is 5.02 Å². The maximum Gasteiger partial charge on any atom is 0.336 e. The number of carboxylic acid groups (broad SMARTS) is 1. The number of imidazole rings is 1. The van der Waals surface area contributed by atoms with Crippen molar-refractivity contribution in [3.05, 3.63) is 82.7 Å². The van der Waals surface area contributed by atoms with E-state index in [0.29, 0.717) is 22.7 Å². The molecule has 0 spiro atoms. The Morgan fingerprint density at radius 1 is 1.17 bits per heavy atom. The maximum atomic E-state index is 12.1. The van der Waals surface area contributed by atoms with Gasteiger partial charge in [-0.2, -0.15) is 0 Å². The van der Waals surface area contributed by atoms with Crippen LogP contribution in [0.1, 0.15) is 49.3 Å². The fraction of sp³-hybridized carbons (Fsp3) is 0.261. The van der Waals surface area contributed by atoms with Crippen LogP contribution >= 0.6 is 11.6 Å². The van der Waals surface area contributed by atoms with Gasteiger partial charge in [-0.3, -0.25) is 4.98 Å². The van der Waals surface area contributed by atoms with Gasteiger partial charge in [-0.05, 0) is 48.2 Å². The van der Waals surface area contributed by atoms with E-state index in [1.807, 2.05) is 31.2 Å². The van der Waals surface area contributed by atoms with Crippen LogP contribution in [0.5, 0.6) is 0 Å². The Balaban J connectivity index is 2.14. The predicted octanol–water partition coefficient (Wildman–Crippen LogP) is 5.34. The van der Waals surface area contributed by atoms with Gasteiger partial charge in [0.15, 0.2) is 0 Å². The van der Waals surface area contributed by atoms with E-state index in [2.05, 4.69) is 21.5 Å². The second-order valence-corrected chi connectivity index (χ2v) is 7.29. The number of benzene rings is 1. The van der Waals surface area contributed by atoms with Gasteiger partial charge in [-0.1, -0.05) is 43.1 Å². The van der Waals surface area contributed by atoms with Crippen LogP contribution in [0.15, 0.2) is 55.0 Å². The minimum Gasteiger partial charge on any atom is -0.478 e. The molecule has 0 amide bonds. The van der Waals surface area contributed by atoms with Gasteiger partial charge < -0.3 is 9.67 Å². The fourth-order valence-corrected chi connectivity index (χ4v) is 3.56. The lowest BCUT2D eigenvalue weighted by molar-refractivity contribution is -0.130. The zero-order valence-corrected chi connectivity index (χ0v) is 17.4. The highest BCUT2D eigenvalue weighted by Crippen LogP contribution is 2.28. The van der Waals surface area contributed by atoms with Gasteiger partial charge in [0.2, 0.25) is 0 Å². The predicted molar refractivity (Wildman–Crippen MR) is 116 cm³/mol. The summed E-state index contributed by atoms with van der Waals surface area (Å²) in [7, 11) is 0. The highest BCUT2D eigenvalue weighted by atomic mass is 35.5. The van der Waals surface area contributed by atoms with E-state index in [1.165, 1.54) is 0 Å². The summed E-state index contributed by atoms with van der Waals surface area (Å²) in [6.07, 6.45) is 7.85. The number of rotatable bonds is 8. The van der Waals surface area contributed by atoms with E-state index < -0.39 is 5.97 Å². The minimum atomic E-state index is -0.977. The van der Waals surface area contributed by atoms with Gasteiger partial charge in [-0.15, -0.1) is 0 Å². The number of aromatic nitrogens is 3. The summed E-state index contributed by atoms with van der Waals surface area (Å²) in [5, 5.41) is 10.6. The molecule has 2 heterocycles. The summed E-state index contributed by atoms with van der Waals surface area (Å²) in [4.78, 5) is 20.7. The van der Waals surface area contributed by atoms with Gasteiger partial charge in [0.1, 0.15) is 5.82 Å². The Morgan fingerprint density at radius 3 is 2.55 bits per heavy atom. The van der Waals surface area contributed by atoms with Crippen molar-refractivity contribution in [3.8, 4) is 0 Å². The average molecular weight is 410 g/mol. The van der Waals surface area contributed by atoms with Gasteiger partial charge in [-0.25, -0.2) is 9.78 Å². The Bertz CT molecular complexity index is 1030. The number of allylic oxidation sites excluding steroid dienone is 1. The third-order valence-corrected chi connectivity index (χ3v) is 5.29. The van der Waals surface area contributed by atoms with Gasteiger partial charge in [0, 0.05) is 23.8 Å². The first-order valence-electron chi connectivity index (χ1n) is 9.65. The first kappa shape index (κ1) is 20.8. The molecule has 3 rings (SSSR count). The monoisotopic (exact) mass is 409 g/mol. The van der Waals surface area contributed by atoms with Crippen molar-refractivity contribution in [1.82, 2.24) is 14.5 Å². The molecule has 0 unspecified atom stereocenters. The largest absolute Gasteiger partial charge is 0.478 e. The van der Waals surface area contributed by atoms with Crippen molar-refractivity contribution in [2.24, 2.45) is 0 Å². The molecule has 29 heavy (non-hydrogen) atoms. The molecule has 3 aromatic rings. The molecule has 0 saturated carbocycles. The molecule has 1 N–H and O–H groups in total. The summed E-state index contributed by atoms with van der Waals surface area (Å²) in [5.41, 5.74) is 3.27. The lowest BCUT2D eigenvalue weighted by Crippen LogP contribution is -2.11. The topological polar surface area (TPSA) is 68.0 Å². The molecule has 1 aromatic carbocycles. The maximum absolute atomic E-state index is 12.1. The SMILES string of the molecule is CCCCc1ncc(/C(C)=C(/C(=O)O)c2ccncc2)n1Cc1ccccc1Cl. The van der Waals surface area contributed by atoms with Crippen LogP contribution < -0.4 is 0 Å². The van der Waals surface area contributed by atoms with E-state index in [9.17, 15) is 9.90 Å². The lowest BCUT2D eigenvalue weighted by Gasteiger charge is -2.15. The first-order valence-corrected chi connectivity index (χ1v) is 10.0. The van der Waals surface area contributed by atoms with Gasteiger partial charge in [0.05, 0.1) is 24.0 Å². The van der Waals surface area contributed by atoms with Gasteiger partial charge >= 0.3 is 5.97 Å². The van der Waals surface area contributed by atoms with Gasteiger partial charge in [0.25, 0.3) is 0 Å². The van der Waals surface area contributed by atoms with Crippen LogP contribution in [-0.4, -0.2) is 25.6 Å². The molecule has 0 radical (unpaired) electrons. The Hall–Kier alpha value is -2.92. The minimum absolute atomic E-state index is 0.245. The molecule has 0 aliphatic heterocycles. The summed E-state index contributed by atoms with van der Waals surface area (Å²) in [5.74, 6) is -0.0464. The molecule has 0 saturated heterocycles. The van der Waals surface area contributed by atoms with Crippen molar-refractivity contribution in [1.29, 1.82) is 0 Å². The number of halogens is 1. The molecular weight excluding hydrogens is 386 g/mol. The second kappa shape index (κ2) is 9.52. The third-order valence-electron chi connectivity index (χ3n) is 4.92.